The minimum atomic E-state index is -3.72. The van der Waals surface area contributed by atoms with E-state index in [1.165, 1.54) is 13.2 Å². The van der Waals surface area contributed by atoms with Gasteiger partial charge in [-0.1, -0.05) is 0 Å². The second kappa shape index (κ2) is 6.83. The smallest absolute Gasteiger partial charge is 0.299 e. The van der Waals surface area contributed by atoms with Crippen LogP contribution >= 0.6 is 0 Å². The average molecular weight is 317 g/mol. The highest BCUT2D eigenvalue weighted by molar-refractivity contribution is 7.90. The molecule has 0 saturated heterocycles. The molecule has 0 aromatic heterocycles. The predicted octanol–water partition coefficient (Wildman–Crippen LogP) is 0.323. The summed E-state index contributed by atoms with van der Waals surface area (Å²) in [5, 5.41) is 0. The summed E-state index contributed by atoms with van der Waals surface area (Å²) in [5.74, 6) is 0.983. The van der Waals surface area contributed by atoms with E-state index in [1.54, 1.807) is 6.07 Å². The van der Waals surface area contributed by atoms with Crippen LogP contribution in [0.25, 0.3) is 0 Å². The fourth-order valence-corrected chi connectivity index (χ4v) is 2.66. The molecule has 0 aliphatic carbocycles. The van der Waals surface area contributed by atoms with E-state index in [1.807, 2.05) is 0 Å². The summed E-state index contributed by atoms with van der Waals surface area (Å²) in [6, 6.07) is 3.07. The highest BCUT2D eigenvalue weighted by atomic mass is 32.2. The van der Waals surface area contributed by atoms with Crippen molar-refractivity contribution in [3.8, 4) is 11.5 Å². The van der Waals surface area contributed by atoms with Gasteiger partial charge in [0.2, 0.25) is 0 Å². The van der Waals surface area contributed by atoms with Crippen molar-refractivity contribution in [3.05, 3.63) is 12.1 Å². The fraction of sp³-hybridized carbons (Fsp3) is 0.500. The highest BCUT2D eigenvalue weighted by Gasteiger charge is 2.17. The van der Waals surface area contributed by atoms with Gasteiger partial charge in [0.1, 0.15) is 0 Å². The van der Waals surface area contributed by atoms with E-state index in [9.17, 15) is 8.42 Å². The lowest BCUT2D eigenvalue weighted by Gasteiger charge is -2.14. The SMILES string of the molecule is COCCNS(=O)(=O)Nc1cc2c(cc1N)OCCCO2. The summed E-state index contributed by atoms with van der Waals surface area (Å²) in [4.78, 5) is 0. The molecule has 118 valence electrons. The molecule has 1 aromatic carbocycles. The Morgan fingerprint density at radius 1 is 1.29 bits per heavy atom. The molecule has 2 rings (SSSR count). The van der Waals surface area contributed by atoms with E-state index in [2.05, 4.69) is 9.44 Å². The van der Waals surface area contributed by atoms with Crippen molar-refractivity contribution in [3.63, 3.8) is 0 Å². The van der Waals surface area contributed by atoms with Gasteiger partial charge in [0.05, 0.1) is 31.2 Å². The summed E-state index contributed by atoms with van der Waals surface area (Å²) in [5.41, 5.74) is 6.34. The Labute approximate surface area is 123 Å². The van der Waals surface area contributed by atoms with Crippen molar-refractivity contribution in [1.29, 1.82) is 0 Å². The van der Waals surface area contributed by atoms with Gasteiger partial charge in [-0.15, -0.1) is 0 Å². The first-order valence-corrected chi connectivity index (χ1v) is 7.95. The number of hydrogen-bond donors (Lipinski definition) is 3. The molecule has 4 N–H and O–H groups in total. The van der Waals surface area contributed by atoms with Crippen LogP contribution < -0.4 is 24.7 Å². The number of methoxy groups -OCH3 is 1. The van der Waals surface area contributed by atoms with Crippen LogP contribution in [-0.2, 0) is 14.9 Å². The average Bonchev–Trinajstić information content (AvgIpc) is 2.64. The molecular weight excluding hydrogens is 298 g/mol. The normalized spacial score (nSPS) is 14.5. The Hall–Kier alpha value is -1.71. The van der Waals surface area contributed by atoms with Gasteiger partial charge in [-0.05, 0) is 0 Å². The molecule has 0 atom stereocenters. The molecule has 0 fully saturated rings. The van der Waals surface area contributed by atoms with Crippen molar-refractivity contribution >= 4 is 21.6 Å². The first-order valence-electron chi connectivity index (χ1n) is 6.47. The number of anilines is 2. The molecule has 0 saturated carbocycles. The molecule has 1 heterocycles. The largest absolute Gasteiger partial charge is 0.489 e. The number of fused-ring (bicyclic) bond motifs is 1. The molecule has 1 aromatic rings. The van der Waals surface area contributed by atoms with E-state index in [4.69, 9.17) is 19.9 Å². The summed E-state index contributed by atoms with van der Waals surface area (Å²) < 4.78 is 44.2. The van der Waals surface area contributed by atoms with E-state index >= 15 is 0 Å². The van der Waals surface area contributed by atoms with Crippen LogP contribution in [0, 0.1) is 0 Å². The third-order valence-corrected chi connectivity index (χ3v) is 3.84. The molecule has 21 heavy (non-hydrogen) atoms. The van der Waals surface area contributed by atoms with E-state index < -0.39 is 10.2 Å². The number of hydrogen-bond acceptors (Lipinski definition) is 6. The van der Waals surface area contributed by atoms with Crippen molar-refractivity contribution < 1.29 is 22.6 Å². The summed E-state index contributed by atoms with van der Waals surface area (Å²) >= 11 is 0. The van der Waals surface area contributed by atoms with Gasteiger partial charge in [-0.2, -0.15) is 13.1 Å². The zero-order valence-electron chi connectivity index (χ0n) is 11.7. The maximum Gasteiger partial charge on any atom is 0.299 e. The Kier molecular flexibility index (Phi) is 5.10. The molecular formula is C12H19N3O5S. The van der Waals surface area contributed by atoms with Crippen molar-refractivity contribution in [2.75, 3.05) is 43.9 Å². The lowest BCUT2D eigenvalue weighted by Crippen LogP contribution is -2.32. The van der Waals surface area contributed by atoms with Crippen LogP contribution in [0.2, 0.25) is 0 Å². The number of nitrogens with one attached hydrogen (secondary N) is 2. The summed E-state index contributed by atoms with van der Waals surface area (Å²) in [6.07, 6.45) is 0.758. The first kappa shape index (κ1) is 15.7. The molecule has 9 heteroatoms. The monoisotopic (exact) mass is 317 g/mol. The van der Waals surface area contributed by atoms with Crippen LogP contribution in [0.15, 0.2) is 12.1 Å². The van der Waals surface area contributed by atoms with Crippen LogP contribution in [0.1, 0.15) is 6.42 Å². The number of nitrogen functional groups attached to an aromatic ring is 1. The third kappa shape index (κ3) is 4.38. The Morgan fingerprint density at radius 2 is 1.95 bits per heavy atom. The van der Waals surface area contributed by atoms with E-state index in [0.717, 1.165) is 6.42 Å². The zero-order chi connectivity index (χ0) is 15.3. The quantitative estimate of drug-likeness (QED) is 0.515. The molecule has 0 radical (unpaired) electrons. The number of ether oxygens (including phenoxy) is 3. The zero-order valence-corrected chi connectivity index (χ0v) is 12.5. The van der Waals surface area contributed by atoms with Crippen molar-refractivity contribution in [2.45, 2.75) is 6.42 Å². The van der Waals surface area contributed by atoms with Crippen LogP contribution in [-0.4, -0.2) is 41.9 Å². The van der Waals surface area contributed by atoms with Gasteiger partial charge in [-0.25, -0.2) is 0 Å². The van der Waals surface area contributed by atoms with Crippen molar-refractivity contribution in [2.24, 2.45) is 0 Å². The number of rotatable bonds is 6. The van der Waals surface area contributed by atoms with Gasteiger partial charge in [-0.3, -0.25) is 4.72 Å². The van der Waals surface area contributed by atoms with E-state index in [0.29, 0.717) is 24.7 Å². The van der Waals surface area contributed by atoms with Crippen molar-refractivity contribution in [1.82, 2.24) is 4.72 Å². The minimum absolute atomic E-state index is 0.163. The van der Waals surface area contributed by atoms with Gasteiger partial charge in [0, 0.05) is 32.2 Å². The Bertz CT molecular complexity index is 591. The molecule has 1 aliphatic rings. The lowest BCUT2D eigenvalue weighted by molar-refractivity contribution is 0.204. The topological polar surface area (TPSA) is 112 Å². The molecule has 1 aliphatic heterocycles. The standard InChI is InChI=1S/C12H19N3O5S/c1-18-6-3-14-21(16,17)15-10-8-12-11(7-9(10)13)19-4-2-5-20-12/h7-8,14-15H,2-6,13H2,1H3. The van der Waals surface area contributed by atoms with Gasteiger partial charge < -0.3 is 19.9 Å². The lowest BCUT2D eigenvalue weighted by atomic mass is 10.2. The summed E-state index contributed by atoms with van der Waals surface area (Å²) in [6.45, 7) is 1.49. The van der Waals surface area contributed by atoms with Crippen LogP contribution in [0.3, 0.4) is 0 Å². The number of benzene rings is 1. The maximum atomic E-state index is 11.9. The molecule has 0 unspecified atom stereocenters. The Balaban J connectivity index is 2.14. The molecule has 0 amide bonds. The van der Waals surface area contributed by atoms with Gasteiger partial charge >= 0.3 is 0 Å². The Morgan fingerprint density at radius 3 is 2.62 bits per heavy atom. The fourth-order valence-electron chi connectivity index (χ4n) is 1.77. The predicted molar refractivity (Wildman–Crippen MR) is 78.9 cm³/mol. The third-order valence-electron chi connectivity index (χ3n) is 2.76. The maximum absolute atomic E-state index is 11.9. The number of nitrogens with two attached hydrogens (primary N) is 1. The van der Waals surface area contributed by atoms with Crippen LogP contribution in [0.5, 0.6) is 11.5 Å². The first-order chi connectivity index (χ1) is 10.0. The summed E-state index contributed by atoms with van der Waals surface area (Å²) in [7, 11) is -2.23. The van der Waals surface area contributed by atoms with Gasteiger partial charge in [0.15, 0.2) is 11.5 Å². The second-order valence-corrected chi connectivity index (χ2v) is 5.93. The molecule has 8 nitrogen and oxygen atoms in total. The highest BCUT2D eigenvalue weighted by Crippen LogP contribution is 2.36. The molecule has 0 spiro atoms. The molecule has 0 bridgehead atoms. The minimum Gasteiger partial charge on any atom is -0.489 e. The second-order valence-electron chi connectivity index (χ2n) is 4.43. The van der Waals surface area contributed by atoms with E-state index in [-0.39, 0.29) is 24.5 Å². The van der Waals surface area contributed by atoms with Gasteiger partial charge in [0.25, 0.3) is 10.2 Å². The van der Waals surface area contributed by atoms with Crippen LogP contribution in [0.4, 0.5) is 11.4 Å².